The molecule has 0 fully saturated rings. The molecule has 1 aromatic carbocycles. The first-order chi connectivity index (χ1) is 8.82. The van der Waals surface area contributed by atoms with Crippen molar-refractivity contribution in [3.63, 3.8) is 0 Å². The molecule has 0 saturated heterocycles. The Balaban J connectivity index is 3.00. The first-order valence-electron chi connectivity index (χ1n) is 5.85. The molecule has 6 heteroatoms. The molecule has 0 aliphatic rings. The summed E-state index contributed by atoms with van der Waals surface area (Å²) >= 11 is 0. The van der Waals surface area contributed by atoms with Gasteiger partial charge in [-0.1, -0.05) is 13.0 Å². The largest absolute Gasteiger partial charge is 0.478 e. The summed E-state index contributed by atoms with van der Waals surface area (Å²) in [5.41, 5.74) is 1.93. The molecule has 0 aromatic heterocycles. The number of nitrogens with one attached hydrogen (secondary N) is 1. The lowest BCUT2D eigenvalue weighted by Crippen LogP contribution is -2.16. The topological polar surface area (TPSA) is 83.5 Å². The number of rotatable bonds is 6. The number of carboxylic acids is 1. The van der Waals surface area contributed by atoms with E-state index in [4.69, 9.17) is 5.11 Å². The normalized spacial score (nSPS) is 11.7. The smallest absolute Gasteiger partial charge is 0.328 e. The number of carbonyl (C=O) groups is 1. The van der Waals surface area contributed by atoms with Crippen molar-refractivity contribution in [2.75, 3.05) is 10.5 Å². The maximum atomic E-state index is 11.7. The van der Waals surface area contributed by atoms with Crippen LogP contribution >= 0.6 is 0 Å². The van der Waals surface area contributed by atoms with Gasteiger partial charge in [0.05, 0.1) is 5.75 Å². The Hall–Kier alpha value is -1.82. The highest BCUT2D eigenvalue weighted by molar-refractivity contribution is 7.92. The van der Waals surface area contributed by atoms with E-state index < -0.39 is 16.0 Å². The zero-order chi connectivity index (χ0) is 14.5. The summed E-state index contributed by atoms with van der Waals surface area (Å²) in [7, 11) is -3.34. The Bertz CT molecular complexity index is 591. The minimum Gasteiger partial charge on any atom is -0.478 e. The Morgan fingerprint density at radius 2 is 2.05 bits per heavy atom. The lowest BCUT2D eigenvalue weighted by Gasteiger charge is -2.09. The third kappa shape index (κ3) is 5.56. The van der Waals surface area contributed by atoms with Crippen molar-refractivity contribution in [1.82, 2.24) is 0 Å². The minimum atomic E-state index is -3.34. The predicted octanol–water partition coefficient (Wildman–Crippen LogP) is 2.24. The van der Waals surface area contributed by atoms with Gasteiger partial charge >= 0.3 is 5.97 Å². The standard InChI is InChI=1S/C13H17NO4S/c1-3-6-19(17,18)14-12-8-10(2)7-11(9-12)4-5-13(15)16/h4-5,7-9,14H,3,6H2,1-2H3,(H,15,16)/b5-4+. The molecule has 104 valence electrons. The summed E-state index contributed by atoms with van der Waals surface area (Å²) in [6, 6.07) is 5.07. The molecule has 2 N–H and O–H groups in total. The fourth-order valence-corrected chi connectivity index (χ4v) is 2.75. The molecule has 0 amide bonds. The van der Waals surface area contributed by atoms with Crippen LogP contribution in [0.25, 0.3) is 6.08 Å². The number of hydrogen-bond acceptors (Lipinski definition) is 3. The van der Waals surface area contributed by atoms with E-state index in [2.05, 4.69) is 4.72 Å². The van der Waals surface area contributed by atoms with E-state index in [-0.39, 0.29) is 5.75 Å². The molecule has 0 saturated carbocycles. The zero-order valence-electron chi connectivity index (χ0n) is 10.9. The molecular formula is C13H17NO4S. The quantitative estimate of drug-likeness (QED) is 0.784. The first-order valence-corrected chi connectivity index (χ1v) is 7.51. The highest BCUT2D eigenvalue weighted by Crippen LogP contribution is 2.17. The molecule has 0 bridgehead atoms. The molecule has 19 heavy (non-hydrogen) atoms. The number of carboxylic acid groups (broad SMARTS) is 1. The van der Waals surface area contributed by atoms with Crippen molar-refractivity contribution >= 4 is 27.8 Å². The van der Waals surface area contributed by atoms with Crippen LogP contribution in [0.4, 0.5) is 5.69 Å². The van der Waals surface area contributed by atoms with Gasteiger partial charge in [-0.15, -0.1) is 0 Å². The van der Waals surface area contributed by atoms with Crippen molar-refractivity contribution in [2.45, 2.75) is 20.3 Å². The highest BCUT2D eigenvalue weighted by Gasteiger charge is 2.09. The number of hydrogen-bond donors (Lipinski definition) is 2. The van der Waals surface area contributed by atoms with Gasteiger partial charge < -0.3 is 5.11 Å². The fourth-order valence-electron chi connectivity index (χ4n) is 1.63. The predicted molar refractivity (Wildman–Crippen MR) is 75.5 cm³/mol. The fraction of sp³-hybridized carbons (Fsp3) is 0.308. The number of aryl methyl sites for hydroxylation is 1. The van der Waals surface area contributed by atoms with Crippen LogP contribution in [0.2, 0.25) is 0 Å². The van der Waals surface area contributed by atoms with Gasteiger partial charge in [-0.25, -0.2) is 13.2 Å². The maximum Gasteiger partial charge on any atom is 0.328 e. The molecule has 0 atom stereocenters. The van der Waals surface area contributed by atoms with E-state index in [9.17, 15) is 13.2 Å². The van der Waals surface area contributed by atoms with Crippen molar-refractivity contribution in [3.05, 3.63) is 35.4 Å². The molecule has 0 heterocycles. The average Bonchev–Trinajstić information content (AvgIpc) is 2.24. The molecule has 0 radical (unpaired) electrons. The van der Waals surface area contributed by atoms with E-state index in [1.807, 2.05) is 6.92 Å². The molecule has 0 aliphatic carbocycles. The number of benzene rings is 1. The Morgan fingerprint density at radius 3 is 2.63 bits per heavy atom. The van der Waals surface area contributed by atoms with Crippen LogP contribution in [0.5, 0.6) is 0 Å². The number of sulfonamides is 1. The number of aliphatic carboxylic acids is 1. The van der Waals surface area contributed by atoms with Crippen LogP contribution in [0.1, 0.15) is 24.5 Å². The van der Waals surface area contributed by atoms with Gasteiger partial charge in [0.2, 0.25) is 10.0 Å². The van der Waals surface area contributed by atoms with Crippen molar-refractivity contribution in [3.8, 4) is 0 Å². The van der Waals surface area contributed by atoms with E-state index >= 15 is 0 Å². The molecule has 0 unspecified atom stereocenters. The Kier molecular flexibility index (Phi) is 5.11. The van der Waals surface area contributed by atoms with Gasteiger partial charge in [0.15, 0.2) is 0 Å². The van der Waals surface area contributed by atoms with Gasteiger partial charge in [0, 0.05) is 11.8 Å². The zero-order valence-corrected chi connectivity index (χ0v) is 11.7. The lowest BCUT2D eigenvalue weighted by molar-refractivity contribution is -0.131. The Labute approximate surface area is 113 Å². The second kappa shape index (κ2) is 6.38. The summed E-state index contributed by atoms with van der Waals surface area (Å²) in [6.07, 6.45) is 2.97. The van der Waals surface area contributed by atoms with E-state index in [1.54, 1.807) is 25.1 Å². The summed E-state index contributed by atoms with van der Waals surface area (Å²) in [5.74, 6) is -0.990. The second-order valence-electron chi connectivity index (χ2n) is 4.22. The lowest BCUT2D eigenvalue weighted by atomic mass is 10.1. The van der Waals surface area contributed by atoms with Crippen LogP contribution in [0.15, 0.2) is 24.3 Å². The van der Waals surface area contributed by atoms with Gasteiger partial charge in [-0.05, 0) is 42.7 Å². The monoisotopic (exact) mass is 283 g/mol. The van der Waals surface area contributed by atoms with Crippen molar-refractivity contribution in [1.29, 1.82) is 0 Å². The summed E-state index contributed by atoms with van der Waals surface area (Å²) in [6.45, 7) is 3.60. The van der Waals surface area contributed by atoms with Crippen LogP contribution in [-0.2, 0) is 14.8 Å². The number of anilines is 1. The maximum absolute atomic E-state index is 11.7. The van der Waals surface area contributed by atoms with Gasteiger partial charge in [-0.2, -0.15) is 0 Å². The SMILES string of the molecule is CCCS(=O)(=O)Nc1cc(C)cc(/C=C/C(=O)O)c1. The van der Waals surface area contributed by atoms with E-state index in [0.29, 0.717) is 17.7 Å². The van der Waals surface area contributed by atoms with Crippen LogP contribution < -0.4 is 4.72 Å². The molecule has 0 spiro atoms. The van der Waals surface area contributed by atoms with E-state index in [0.717, 1.165) is 11.6 Å². The third-order valence-corrected chi connectivity index (χ3v) is 3.76. The molecule has 1 rings (SSSR count). The summed E-state index contributed by atoms with van der Waals surface area (Å²) in [5, 5.41) is 8.57. The van der Waals surface area contributed by atoms with Crippen molar-refractivity contribution in [2.24, 2.45) is 0 Å². The minimum absolute atomic E-state index is 0.0568. The van der Waals surface area contributed by atoms with Crippen LogP contribution in [-0.4, -0.2) is 25.2 Å². The van der Waals surface area contributed by atoms with Crippen molar-refractivity contribution < 1.29 is 18.3 Å². The third-order valence-electron chi connectivity index (χ3n) is 2.26. The average molecular weight is 283 g/mol. The summed E-state index contributed by atoms with van der Waals surface area (Å²) < 4.78 is 25.8. The summed E-state index contributed by atoms with van der Waals surface area (Å²) in [4.78, 5) is 10.5. The highest BCUT2D eigenvalue weighted by atomic mass is 32.2. The Morgan fingerprint density at radius 1 is 1.37 bits per heavy atom. The second-order valence-corrected chi connectivity index (χ2v) is 6.07. The molecule has 0 aliphatic heterocycles. The van der Waals surface area contributed by atoms with Crippen LogP contribution in [0, 0.1) is 6.92 Å². The molecular weight excluding hydrogens is 266 g/mol. The van der Waals surface area contributed by atoms with Gasteiger partial charge in [0.1, 0.15) is 0 Å². The van der Waals surface area contributed by atoms with E-state index in [1.165, 1.54) is 6.08 Å². The molecule has 1 aromatic rings. The molecule has 5 nitrogen and oxygen atoms in total. The van der Waals surface area contributed by atoms with Gasteiger partial charge in [-0.3, -0.25) is 4.72 Å². The van der Waals surface area contributed by atoms with Gasteiger partial charge in [0.25, 0.3) is 0 Å². The van der Waals surface area contributed by atoms with Crippen LogP contribution in [0.3, 0.4) is 0 Å². The first kappa shape index (κ1) is 15.2.